The summed E-state index contributed by atoms with van der Waals surface area (Å²) in [4.78, 5) is 12.4. The second-order valence-electron chi connectivity index (χ2n) is 7.00. The Labute approximate surface area is 184 Å². The number of hydrogen-bond acceptors (Lipinski definition) is 3. The average Bonchev–Trinajstić information content (AvgIpc) is 2.96. The lowest BCUT2D eigenvalue weighted by molar-refractivity contribution is 0.0954. The summed E-state index contributed by atoms with van der Waals surface area (Å²) in [7, 11) is 1.59. The molecule has 29 heavy (non-hydrogen) atoms. The molecule has 1 amide bonds. The van der Waals surface area contributed by atoms with Gasteiger partial charge in [-0.15, -0.1) is 0 Å². The fraction of sp³-hybridized carbons (Fsp3) is 0.217. The summed E-state index contributed by atoms with van der Waals surface area (Å²) < 4.78 is 8.43. The van der Waals surface area contributed by atoms with Gasteiger partial charge in [-0.05, 0) is 86.2 Å². The molecule has 150 valence electrons. The van der Waals surface area contributed by atoms with E-state index >= 15 is 0 Å². The van der Waals surface area contributed by atoms with Gasteiger partial charge < -0.3 is 9.30 Å². The van der Waals surface area contributed by atoms with Crippen LogP contribution in [0.3, 0.4) is 0 Å². The Hall–Kier alpha value is -2.61. The highest BCUT2D eigenvalue weighted by Gasteiger charge is 2.12. The van der Waals surface area contributed by atoms with Gasteiger partial charge in [-0.3, -0.25) is 4.79 Å². The summed E-state index contributed by atoms with van der Waals surface area (Å²) in [6, 6.07) is 13.8. The minimum Gasteiger partial charge on any atom is -0.496 e. The molecule has 0 radical (unpaired) electrons. The zero-order chi connectivity index (χ0) is 21.1. The highest BCUT2D eigenvalue weighted by atomic mass is 127. The molecule has 2 aromatic carbocycles. The van der Waals surface area contributed by atoms with Crippen molar-refractivity contribution >= 4 is 34.7 Å². The van der Waals surface area contributed by atoms with Crippen LogP contribution in [0.2, 0.25) is 0 Å². The summed E-state index contributed by atoms with van der Waals surface area (Å²) in [5, 5.41) is 4.16. The molecule has 0 saturated carbocycles. The van der Waals surface area contributed by atoms with E-state index in [9.17, 15) is 4.79 Å². The first-order valence-corrected chi connectivity index (χ1v) is 10.3. The van der Waals surface area contributed by atoms with Gasteiger partial charge in [0, 0.05) is 28.2 Å². The zero-order valence-corrected chi connectivity index (χ0v) is 19.4. The number of nitrogens with one attached hydrogen (secondary N) is 1. The van der Waals surface area contributed by atoms with E-state index < -0.39 is 0 Å². The Kier molecular flexibility index (Phi) is 6.42. The van der Waals surface area contributed by atoms with Crippen LogP contribution in [0.15, 0.2) is 47.6 Å². The number of aromatic nitrogens is 1. The van der Waals surface area contributed by atoms with E-state index in [0.29, 0.717) is 11.3 Å². The van der Waals surface area contributed by atoms with Gasteiger partial charge in [-0.1, -0.05) is 17.7 Å². The standard InChI is InChI=1S/C23H24IN3O2/c1-14-6-9-21(15(2)10-14)27-16(3)11-19(17(27)4)13-25-26-23(28)18-7-8-20(24)22(12-18)29-5/h6-13H,1-5H3,(H,26,28)/b25-13-. The van der Waals surface area contributed by atoms with Crippen molar-refractivity contribution in [1.82, 2.24) is 9.99 Å². The molecule has 0 aliphatic heterocycles. The van der Waals surface area contributed by atoms with Crippen LogP contribution in [-0.4, -0.2) is 23.8 Å². The molecule has 0 aliphatic rings. The fourth-order valence-corrected chi connectivity index (χ4v) is 3.93. The molecule has 0 fully saturated rings. The highest BCUT2D eigenvalue weighted by molar-refractivity contribution is 14.1. The van der Waals surface area contributed by atoms with Gasteiger partial charge in [0.1, 0.15) is 5.75 Å². The van der Waals surface area contributed by atoms with Crippen molar-refractivity contribution in [3.05, 3.63) is 79.7 Å². The van der Waals surface area contributed by atoms with Crippen molar-refractivity contribution in [3.8, 4) is 11.4 Å². The van der Waals surface area contributed by atoms with Crippen LogP contribution in [0.4, 0.5) is 0 Å². The van der Waals surface area contributed by atoms with Crippen LogP contribution in [0.1, 0.15) is 38.4 Å². The van der Waals surface area contributed by atoms with Crippen molar-refractivity contribution in [2.75, 3.05) is 7.11 Å². The summed E-state index contributed by atoms with van der Waals surface area (Å²) in [5.41, 5.74) is 9.86. The maximum absolute atomic E-state index is 12.4. The topological polar surface area (TPSA) is 55.6 Å². The normalized spacial score (nSPS) is 11.1. The maximum Gasteiger partial charge on any atom is 0.271 e. The van der Waals surface area contributed by atoms with E-state index in [-0.39, 0.29) is 5.91 Å². The average molecular weight is 501 g/mol. The first-order valence-electron chi connectivity index (χ1n) is 9.25. The number of ether oxygens (including phenoxy) is 1. The first kappa shape index (κ1) is 21.1. The van der Waals surface area contributed by atoms with Gasteiger partial charge in [0.25, 0.3) is 5.91 Å². The van der Waals surface area contributed by atoms with E-state index in [1.165, 1.54) is 11.1 Å². The van der Waals surface area contributed by atoms with E-state index in [4.69, 9.17) is 4.74 Å². The van der Waals surface area contributed by atoms with E-state index in [0.717, 1.165) is 26.2 Å². The second-order valence-corrected chi connectivity index (χ2v) is 8.16. The molecule has 0 spiro atoms. The quantitative estimate of drug-likeness (QED) is 0.301. The molecule has 6 heteroatoms. The molecule has 1 heterocycles. The van der Waals surface area contributed by atoms with Gasteiger partial charge >= 0.3 is 0 Å². The van der Waals surface area contributed by atoms with Gasteiger partial charge in [-0.2, -0.15) is 5.10 Å². The van der Waals surface area contributed by atoms with Crippen LogP contribution in [0.25, 0.3) is 5.69 Å². The number of nitrogens with zero attached hydrogens (tertiary/aromatic N) is 2. The summed E-state index contributed by atoms with van der Waals surface area (Å²) in [6.07, 6.45) is 1.68. The van der Waals surface area contributed by atoms with Crippen LogP contribution in [0, 0.1) is 31.3 Å². The number of methoxy groups -OCH3 is 1. The highest BCUT2D eigenvalue weighted by Crippen LogP contribution is 2.24. The molecule has 5 nitrogen and oxygen atoms in total. The van der Waals surface area contributed by atoms with Crippen LogP contribution in [0.5, 0.6) is 5.75 Å². The number of hydrogen-bond donors (Lipinski definition) is 1. The maximum atomic E-state index is 12.4. The smallest absolute Gasteiger partial charge is 0.271 e. The van der Waals surface area contributed by atoms with Gasteiger partial charge in [0.05, 0.1) is 16.9 Å². The second kappa shape index (κ2) is 8.82. The Morgan fingerprint density at radius 2 is 1.86 bits per heavy atom. The molecule has 1 N–H and O–H groups in total. The van der Waals surface area contributed by atoms with E-state index in [1.54, 1.807) is 25.5 Å². The van der Waals surface area contributed by atoms with Gasteiger partial charge in [0.2, 0.25) is 0 Å². The lowest BCUT2D eigenvalue weighted by Crippen LogP contribution is -2.17. The number of halogens is 1. The van der Waals surface area contributed by atoms with Gasteiger partial charge in [0.15, 0.2) is 0 Å². The van der Waals surface area contributed by atoms with Gasteiger partial charge in [-0.25, -0.2) is 5.43 Å². The number of amides is 1. The Morgan fingerprint density at radius 3 is 2.55 bits per heavy atom. The molecular formula is C23H24IN3O2. The van der Waals surface area contributed by atoms with Crippen LogP contribution in [-0.2, 0) is 0 Å². The number of hydrazone groups is 1. The van der Waals surface area contributed by atoms with Crippen molar-refractivity contribution in [1.29, 1.82) is 0 Å². The monoisotopic (exact) mass is 501 g/mol. The summed E-state index contributed by atoms with van der Waals surface area (Å²) in [6.45, 7) is 8.33. The van der Waals surface area contributed by atoms with Crippen LogP contribution < -0.4 is 10.2 Å². The predicted molar refractivity (Wildman–Crippen MR) is 125 cm³/mol. The number of aryl methyl sites for hydroxylation is 3. The molecule has 3 rings (SSSR count). The fourth-order valence-electron chi connectivity index (χ4n) is 3.37. The SMILES string of the molecule is COc1cc(C(=O)N/N=C\c2cc(C)n(-c3ccc(C)cc3C)c2C)ccc1I. The van der Waals surface area contributed by atoms with E-state index in [2.05, 4.69) is 89.6 Å². The molecule has 0 unspecified atom stereocenters. The molecule has 0 aliphatic carbocycles. The molecule has 0 atom stereocenters. The molecule has 0 bridgehead atoms. The van der Waals surface area contributed by atoms with Crippen LogP contribution >= 0.6 is 22.6 Å². The van der Waals surface area contributed by atoms with Crippen molar-refractivity contribution in [3.63, 3.8) is 0 Å². The minimum atomic E-state index is -0.279. The summed E-state index contributed by atoms with van der Waals surface area (Å²) in [5.74, 6) is 0.387. The Morgan fingerprint density at radius 1 is 1.10 bits per heavy atom. The van der Waals surface area contributed by atoms with Crippen molar-refractivity contribution in [2.45, 2.75) is 27.7 Å². The number of carbonyl (C=O) groups excluding carboxylic acids is 1. The van der Waals surface area contributed by atoms with Crippen molar-refractivity contribution in [2.24, 2.45) is 5.10 Å². The van der Waals surface area contributed by atoms with Crippen molar-refractivity contribution < 1.29 is 9.53 Å². The number of rotatable bonds is 5. The third kappa shape index (κ3) is 4.53. The zero-order valence-electron chi connectivity index (χ0n) is 17.2. The lowest BCUT2D eigenvalue weighted by Gasteiger charge is -2.13. The Bertz CT molecular complexity index is 1100. The Balaban J connectivity index is 1.80. The first-order chi connectivity index (χ1) is 13.8. The molecular weight excluding hydrogens is 477 g/mol. The molecule has 3 aromatic rings. The summed E-state index contributed by atoms with van der Waals surface area (Å²) >= 11 is 2.17. The van der Waals surface area contributed by atoms with E-state index in [1.807, 2.05) is 6.07 Å². The minimum absolute atomic E-state index is 0.279. The third-order valence-electron chi connectivity index (χ3n) is 4.85. The largest absolute Gasteiger partial charge is 0.496 e. The predicted octanol–water partition coefficient (Wildman–Crippen LogP) is 5.09. The number of benzene rings is 2. The third-order valence-corrected chi connectivity index (χ3v) is 5.74. The molecule has 1 aromatic heterocycles. The number of carbonyl (C=O) groups is 1. The molecule has 0 saturated heterocycles. The lowest BCUT2D eigenvalue weighted by atomic mass is 10.1.